The summed E-state index contributed by atoms with van der Waals surface area (Å²) in [6.07, 6.45) is 2.47. The Morgan fingerprint density at radius 1 is 1.35 bits per heavy atom. The van der Waals surface area contributed by atoms with Gasteiger partial charge in [0, 0.05) is 24.3 Å². The molecule has 0 radical (unpaired) electrons. The molecule has 1 aromatic carbocycles. The number of halogens is 2. The first-order valence-electron chi connectivity index (χ1n) is 8.59. The summed E-state index contributed by atoms with van der Waals surface area (Å²) in [5.74, 6) is -0.891. The number of rotatable bonds is 3. The highest BCUT2D eigenvalue weighted by Gasteiger charge is 2.24. The van der Waals surface area contributed by atoms with E-state index in [0.717, 1.165) is 25.7 Å². The average molecular weight is 362 g/mol. The molecule has 1 aromatic heterocycles. The van der Waals surface area contributed by atoms with Gasteiger partial charge < -0.3 is 16.0 Å². The Kier molecular flexibility index (Phi) is 7.62. The van der Waals surface area contributed by atoms with Crippen molar-refractivity contribution in [3.63, 3.8) is 0 Å². The van der Waals surface area contributed by atoms with Crippen molar-refractivity contribution in [2.45, 2.75) is 25.6 Å². The van der Waals surface area contributed by atoms with Crippen molar-refractivity contribution >= 4 is 11.6 Å². The zero-order valence-electron chi connectivity index (χ0n) is 14.7. The molecule has 1 amide bonds. The van der Waals surface area contributed by atoms with Crippen molar-refractivity contribution in [3.8, 4) is 0 Å². The second kappa shape index (κ2) is 9.94. The predicted molar refractivity (Wildman–Crippen MR) is 98.2 cm³/mol. The van der Waals surface area contributed by atoms with Gasteiger partial charge in [-0.15, -0.1) is 0 Å². The number of piperidine rings is 1. The summed E-state index contributed by atoms with van der Waals surface area (Å²) in [6.45, 7) is 4.46. The quantitative estimate of drug-likeness (QED) is 0.881. The Bertz CT molecular complexity index is 699. The van der Waals surface area contributed by atoms with Gasteiger partial charge in [0.05, 0.1) is 11.9 Å². The van der Waals surface area contributed by atoms with Crippen molar-refractivity contribution in [2.24, 2.45) is 5.73 Å². The number of hydrogen-bond donors (Lipinski definition) is 2. The van der Waals surface area contributed by atoms with Gasteiger partial charge >= 0.3 is 0 Å². The minimum absolute atomic E-state index is 0.129. The lowest BCUT2D eigenvalue weighted by atomic mass is 10.0. The van der Waals surface area contributed by atoms with Gasteiger partial charge in [-0.1, -0.05) is 25.1 Å². The second-order valence-electron chi connectivity index (χ2n) is 6.04. The molecule has 3 rings (SSSR count). The summed E-state index contributed by atoms with van der Waals surface area (Å²) in [7, 11) is 0. The van der Waals surface area contributed by atoms with Gasteiger partial charge in [-0.3, -0.25) is 9.78 Å². The van der Waals surface area contributed by atoms with Gasteiger partial charge in [0.15, 0.2) is 5.82 Å². The van der Waals surface area contributed by atoms with Gasteiger partial charge in [0.25, 0.3) is 5.91 Å². The molecule has 2 heterocycles. The highest BCUT2D eigenvalue weighted by atomic mass is 19.1. The first-order chi connectivity index (χ1) is 12.5. The third-order valence-electron chi connectivity index (χ3n) is 4.18. The van der Waals surface area contributed by atoms with E-state index in [-0.39, 0.29) is 17.6 Å². The summed E-state index contributed by atoms with van der Waals surface area (Å²) in [4.78, 5) is 17.4. The molecule has 2 unspecified atom stereocenters. The molecule has 26 heavy (non-hydrogen) atoms. The maximum atomic E-state index is 13.2. The monoisotopic (exact) mass is 362 g/mol. The van der Waals surface area contributed by atoms with Crippen LogP contribution in [0.1, 0.15) is 23.7 Å². The maximum Gasteiger partial charge on any atom is 0.255 e. The maximum absolute atomic E-state index is 13.2. The normalized spacial score (nSPS) is 20.0. The predicted octanol–water partition coefficient (Wildman–Crippen LogP) is 2.85. The third kappa shape index (κ3) is 5.86. The number of amides is 1. The summed E-state index contributed by atoms with van der Waals surface area (Å²) < 4.78 is 26.0. The molecule has 0 aliphatic carbocycles. The zero-order chi connectivity index (χ0) is 18.9. The van der Waals surface area contributed by atoms with E-state index in [1.165, 1.54) is 12.3 Å². The number of anilines is 1. The van der Waals surface area contributed by atoms with Crippen LogP contribution in [0.3, 0.4) is 0 Å². The SMILES string of the molecule is CCN1CCC(N)C(F)C1.O=C(Nc1ccncc1F)c1ccccc1. The second-order valence-corrected chi connectivity index (χ2v) is 6.04. The summed E-state index contributed by atoms with van der Waals surface area (Å²) in [6, 6.07) is 9.82. The number of carbonyl (C=O) groups is 1. The number of benzene rings is 1. The van der Waals surface area contributed by atoms with E-state index in [2.05, 4.69) is 15.2 Å². The van der Waals surface area contributed by atoms with Gasteiger partial charge in [-0.25, -0.2) is 8.78 Å². The largest absolute Gasteiger partial charge is 0.325 e. The molecule has 0 spiro atoms. The molecular weight excluding hydrogens is 338 g/mol. The Labute approximate surface area is 152 Å². The van der Waals surface area contributed by atoms with Crippen LogP contribution >= 0.6 is 0 Å². The van der Waals surface area contributed by atoms with E-state index >= 15 is 0 Å². The fourth-order valence-electron chi connectivity index (χ4n) is 2.53. The van der Waals surface area contributed by atoms with E-state index in [1.54, 1.807) is 24.3 Å². The van der Waals surface area contributed by atoms with Crippen LogP contribution in [0.2, 0.25) is 0 Å². The highest BCUT2D eigenvalue weighted by molar-refractivity contribution is 6.04. The Morgan fingerprint density at radius 2 is 2.08 bits per heavy atom. The van der Waals surface area contributed by atoms with Crippen LogP contribution in [0.25, 0.3) is 0 Å². The lowest BCUT2D eigenvalue weighted by Crippen LogP contribution is -2.48. The number of likely N-dealkylation sites (tertiary alicyclic amines) is 1. The standard InChI is InChI=1S/C12H9FN2O.C7H15FN2/c13-10-8-14-7-6-11(10)15-12(16)9-4-2-1-3-5-9;1-2-10-4-3-7(9)6(8)5-10/h1-8H,(H,14,15,16);6-7H,2-5,9H2,1H3. The van der Waals surface area contributed by atoms with Crippen molar-refractivity contribution in [3.05, 3.63) is 60.2 Å². The summed E-state index contributed by atoms with van der Waals surface area (Å²) >= 11 is 0. The molecular formula is C19H24F2N4O. The van der Waals surface area contributed by atoms with E-state index < -0.39 is 12.0 Å². The van der Waals surface area contributed by atoms with E-state index in [1.807, 2.05) is 13.0 Å². The van der Waals surface area contributed by atoms with Crippen LogP contribution in [0.4, 0.5) is 14.5 Å². The molecule has 7 heteroatoms. The number of carbonyl (C=O) groups excluding carboxylic acids is 1. The van der Waals surface area contributed by atoms with Crippen molar-refractivity contribution in [2.75, 3.05) is 25.0 Å². The topological polar surface area (TPSA) is 71.2 Å². The van der Waals surface area contributed by atoms with Crippen LogP contribution in [0.5, 0.6) is 0 Å². The summed E-state index contributed by atoms with van der Waals surface area (Å²) in [5.41, 5.74) is 6.11. The Balaban J connectivity index is 0.000000209. The van der Waals surface area contributed by atoms with Crippen molar-refractivity contribution < 1.29 is 13.6 Å². The molecule has 3 N–H and O–H groups in total. The summed E-state index contributed by atoms with van der Waals surface area (Å²) in [5, 5.41) is 2.47. The number of nitrogens with one attached hydrogen (secondary N) is 1. The lowest BCUT2D eigenvalue weighted by molar-refractivity contribution is 0.102. The number of hydrogen-bond acceptors (Lipinski definition) is 4. The molecule has 2 atom stereocenters. The molecule has 1 saturated heterocycles. The van der Waals surface area contributed by atoms with Crippen LogP contribution in [-0.4, -0.2) is 47.6 Å². The van der Waals surface area contributed by atoms with Gasteiger partial charge in [0.2, 0.25) is 0 Å². The minimum Gasteiger partial charge on any atom is -0.325 e. The molecule has 2 aromatic rings. The average Bonchev–Trinajstić information content (AvgIpc) is 2.67. The molecule has 1 fully saturated rings. The molecule has 5 nitrogen and oxygen atoms in total. The van der Waals surface area contributed by atoms with Crippen LogP contribution in [-0.2, 0) is 0 Å². The Hall–Kier alpha value is -2.38. The highest BCUT2D eigenvalue weighted by Crippen LogP contribution is 2.12. The van der Waals surface area contributed by atoms with E-state index in [9.17, 15) is 13.6 Å². The number of aromatic nitrogens is 1. The fourth-order valence-corrected chi connectivity index (χ4v) is 2.53. The first-order valence-corrected chi connectivity index (χ1v) is 8.59. The third-order valence-corrected chi connectivity index (χ3v) is 4.18. The van der Waals surface area contributed by atoms with Gasteiger partial charge in [-0.05, 0) is 37.7 Å². The van der Waals surface area contributed by atoms with E-state index in [4.69, 9.17) is 5.73 Å². The van der Waals surface area contributed by atoms with Crippen molar-refractivity contribution in [1.82, 2.24) is 9.88 Å². The molecule has 0 bridgehead atoms. The van der Waals surface area contributed by atoms with Crippen LogP contribution < -0.4 is 11.1 Å². The van der Waals surface area contributed by atoms with Crippen LogP contribution in [0.15, 0.2) is 48.8 Å². The molecule has 140 valence electrons. The number of nitrogens with two attached hydrogens (primary N) is 1. The van der Waals surface area contributed by atoms with Crippen molar-refractivity contribution in [1.29, 1.82) is 0 Å². The molecule has 1 aliphatic heterocycles. The fraction of sp³-hybridized carbons (Fsp3) is 0.368. The molecule has 0 saturated carbocycles. The number of nitrogens with zero attached hydrogens (tertiary/aromatic N) is 2. The smallest absolute Gasteiger partial charge is 0.255 e. The van der Waals surface area contributed by atoms with Gasteiger partial charge in [0.1, 0.15) is 6.17 Å². The number of alkyl halides is 1. The van der Waals surface area contributed by atoms with Crippen LogP contribution in [0, 0.1) is 5.82 Å². The van der Waals surface area contributed by atoms with E-state index in [0.29, 0.717) is 12.1 Å². The molecule has 1 aliphatic rings. The Morgan fingerprint density at radius 3 is 2.69 bits per heavy atom. The minimum atomic E-state index is -0.811. The lowest BCUT2D eigenvalue weighted by Gasteiger charge is -2.31. The number of pyridine rings is 1. The van der Waals surface area contributed by atoms with Gasteiger partial charge in [-0.2, -0.15) is 0 Å². The zero-order valence-corrected chi connectivity index (χ0v) is 14.7. The first kappa shape index (κ1) is 19.9.